The summed E-state index contributed by atoms with van der Waals surface area (Å²) in [6, 6.07) is 8.12. The fourth-order valence-electron chi connectivity index (χ4n) is 5.11. The Hall–Kier alpha value is -2.45. The maximum absolute atomic E-state index is 12.9. The molecule has 1 aromatic carbocycles. The van der Waals surface area contributed by atoms with Crippen molar-refractivity contribution in [3.63, 3.8) is 0 Å². The van der Waals surface area contributed by atoms with Gasteiger partial charge in [-0.05, 0) is 37.0 Å². The van der Waals surface area contributed by atoms with Crippen LogP contribution in [0.3, 0.4) is 0 Å². The average Bonchev–Trinajstić information content (AvgIpc) is 3.42. The van der Waals surface area contributed by atoms with Crippen LogP contribution in [-0.2, 0) is 24.4 Å². The highest BCUT2D eigenvalue weighted by Gasteiger charge is 2.43. The van der Waals surface area contributed by atoms with E-state index in [0.29, 0.717) is 12.4 Å². The molecule has 1 saturated carbocycles. The molecule has 3 aliphatic rings. The lowest BCUT2D eigenvalue weighted by Gasteiger charge is -2.35. The minimum absolute atomic E-state index is 0.0526. The SMILES string of the molecule is COc1cccc(CN2CC[C@@]3(C2)Cn2c(nn(C4CCCC4)c(=O)c2=O)CO3)c1. The second-order valence-electron chi connectivity index (χ2n) is 8.78. The van der Waals surface area contributed by atoms with Crippen molar-refractivity contribution in [2.24, 2.45) is 0 Å². The molecule has 3 heterocycles. The van der Waals surface area contributed by atoms with Crippen LogP contribution in [-0.4, -0.2) is 45.0 Å². The molecule has 2 fully saturated rings. The first-order valence-corrected chi connectivity index (χ1v) is 10.8. The number of hydrogen-bond donors (Lipinski definition) is 0. The molecule has 0 N–H and O–H groups in total. The predicted molar refractivity (Wildman–Crippen MR) is 111 cm³/mol. The van der Waals surface area contributed by atoms with Crippen molar-refractivity contribution >= 4 is 0 Å². The van der Waals surface area contributed by atoms with Gasteiger partial charge >= 0.3 is 11.1 Å². The summed E-state index contributed by atoms with van der Waals surface area (Å²) in [4.78, 5) is 27.9. The summed E-state index contributed by atoms with van der Waals surface area (Å²) in [6.07, 6.45) is 4.83. The molecule has 30 heavy (non-hydrogen) atoms. The summed E-state index contributed by atoms with van der Waals surface area (Å²) in [5.41, 5.74) is -0.209. The smallest absolute Gasteiger partial charge is 0.332 e. The molecule has 1 spiro atoms. The number of nitrogens with zero attached hydrogens (tertiary/aromatic N) is 4. The average molecular weight is 412 g/mol. The maximum atomic E-state index is 12.9. The quantitative estimate of drug-likeness (QED) is 0.712. The van der Waals surface area contributed by atoms with Crippen molar-refractivity contribution in [1.29, 1.82) is 0 Å². The van der Waals surface area contributed by atoms with E-state index in [-0.39, 0.29) is 12.6 Å². The zero-order chi connectivity index (χ0) is 20.7. The van der Waals surface area contributed by atoms with Gasteiger partial charge in [-0.15, -0.1) is 0 Å². The van der Waals surface area contributed by atoms with E-state index < -0.39 is 16.7 Å². The Morgan fingerprint density at radius 2 is 2.03 bits per heavy atom. The van der Waals surface area contributed by atoms with Gasteiger partial charge in [0.1, 0.15) is 18.0 Å². The van der Waals surface area contributed by atoms with Crippen molar-refractivity contribution in [2.45, 2.75) is 63.4 Å². The third-order valence-electron chi connectivity index (χ3n) is 6.73. The van der Waals surface area contributed by atoms with E-state index in [0.717, 1.165) is 57.5 Å². The Bertz CT molecular complexity index is 1060. The van der Waals surface area contributed by atoms with Crippen molar-refractivity contribution in [3.8, 4) is 5.75 Å². The highest BCUT2D eigenvalue weighted by molar-refractivity contribution is 5.28. The molecule has 8 heteroatoms. The van der Waals surface area contributed by atoms with Crippen LogP contribution in [0, 0.1) is 0 Å². The largest absolute Gasteiger partial charge is 0.497 e. The van der Waals surface area contributed by atoms with Gasteiger partial charge in [-0.2, -0.15) is 5.10 Å². The first-order chi connectivity index (χ1) is 14.6. The van der Waals surface area contributed by atoms with E-state index in [1.807, 2.05) is 18.2 Å². The van der Waals surface area contributed by atoms with Crippen LogP contribution in [0.4, 0.5) is 0 Å². The van der Waals surface area contributed by atoms with Crippen molar-refractivity contribution in [2.75, 3.05) is 20.2 Å². The molecule has 1 saturated heterocycles. The van der Waals surface area contributed by atoms with Crippen LogP contribution in [0.15, 0.2) is 33.9 Å². The minimum Gasteiger partial charge on any atom is -0.497 e. The Kier molecular flexibility index (Phi) is 4.99. The van der Waals surface area contributed by atoms with E-state index in [1.54, 1.807) is 11.7 Å². The Balaban J connectivity index is 1.35. The highest BCUT2D eigenvalue weighted by Crippen LogP contribution is 2.33. The van der Waals surface area contributed by atoms with E-state index >= 15 is 0 Å². The van der Waals surface area contributed by atoms with Gasteiger partial charge in [-0.3, -0.25) is 19.1 Å². The summed E-state index contributed by atoms with van der Waals surface area (Å²) >= 11 is 0. The van der Waals surface area contributed by atoms with Gasteiger partial charge in [0.2, 0.25) is 0 Å². The van der Waals surface area contributed by atoms with Crippen LogP contribution >= 0.6 is 0 Å². The molecule has 5 rings (SSSR count). The lowest BCUT2D eigenvalue weighted by atomic mass is 10.0. The third-order valence-corrected chi connectivity index (χ3v) is 6.73. The van der Waals surface area contributed by atoms with Crippen LogP contribution < -0.4 is 15.9 Å². The van der Waals surface area contributed by atoms with Crippen LogP contribution in [0.25, 0.3) is 0 Å². The summed E-state index contributed by atoms with van der Waals surface area (Å²) < 4.78 is 14.6. The van der Waals surface area contributed by atoms with Crippen LogP contribution in [0.1, 0.15) is 49.5 Å². The summed E-state index contributed by atoms with van der Waals surface area (Å²) in [5, 5.41) is 4.53. The first-order valence-electron chi connectivity index (χ1n) is 10.8. The summed E-state index contributed by atoms with van der Waals surface area (Å²) in [7, 11) is 1.67. The molecule has 2 aliphatic heterocycles. The number of methoxy groups -OCH3 is 1. The lowest BCUT2D eigenvalue weighted by molar-refractivity contribution is -0.0860. The topological polar surface area (TPSA) is 78.6 Å². The number of likely N-dealkylation sites (tertiary alicyclic amines) is 1. The Morgan fingerprint density at radius 1 is 1.20 bits per heavy atom. The minimum atomic E-state index is -0.492. The fourth-order valence-corrected chi connectivity index (χ4v) is 5.11. The molecule has 0 amide bonds. The molecule has 2 aromatic rings. The van der Waals surface area contributed by atoms with E-state index in [4.69, 9.17) is 9.47 Å². The molecule has 1 aromatic heterocycles. The molecule has 1 atom stereocenters. The molecular weight excluding hydrogens is 384 g/mol. The number of benzene rings is 1. The molecule has 160 valence electrons. The second-order valence-corrected chi connectivity index (χ2v) is 8.78. The number of aromatic nitrogens is 3. The number of ether oxygens (including phenoxy) is 2. The van der Waals surface area contributed by atoms with Gasteiger partial charge in [-0.25, -0.2) is 4.68 Å². The molecule has 0 radical (unpaired) electrons. The molecule has 8 nitrogen and oxygen atoms in total. The fraction of sp³-hybridized carbons (Fsp3) is 0.591. The lowest BCUT2D eigenvalue weighted by Crippen LogP contribution is -2.53. The highest BCUT2D eigenvalue weighted by atomic mass is 16.5. The second kappa shape index (κ2) is 7.67. The zero-order valence-electron chi connectivity index (χ0n) is 17.4. The van der Waals surface area contributed by atoms with Crippen LogP contribution in [0.2, 0.25) is 0 Å². The summed E-state index contributed by atoms with van der Waals surface area (Å²) in [6.45, 7) is 3.07. The van der Waals surface area contributed by atoms with Gasteiger partial charge in [0.25, 0.3) is 0 Å². The molecule has 1 aliphatic carbocycles. The molecule has 0 unspecified atom stereocenters. The zero-order valence-corrected chi connectivity index (χ0v) is 17.4. The van der Waals surface area contributed by atoms with Crippen molar-refractivity contribution in [1.82, 2.24) is 19.2 Å². The van der Waals surface area contributed by atoms with Gasteiger partial charge in [0.05, 0.1) is 19.7 Å². The Morgan fingerprint density at radius 3 is 2.83 bits per heavy atom. The monoisotopic (exact) mass is 412 g/mol. The molecular formula is C22H28N4O4. The van der Waals surface area contributed by atoms with Gasteiger partial charge in [-0.1, -0.05) is 25.0 Å². The normalized spacial score (nSPS) is 24.4. The van der Waals surface area contributed by atoms with Gasteiger partial charge in [0.15, 0.2) is 5.82 Å². The van der Waals surface area contributed by atoms with Crippen LogP contribution in [0.5, 0.6) is 5.75 Å². The predicted octanol–water partition coefficient (Wildman–Crippen LogP) is 1.70. The Labute approximate surface area is 175 Å². The first kappa shape index (κ1) is 19.5. The number of fused-ring (bicyclic) bond motifs is 1. The van der Waals surface area contributed by atoms with Crippen molar-refractivity contribution in [3.05, 3.63) is 56.4 Å². The third kappa shape index (κ3) is 3.48. The van der Waals surface area contributed by atoms with Crippen molar-refractivity contribution < 1.29 is 9.47 Å². The van der Waals surface area contributed by atoms with Gasteiger partial charge < -0.3 is 9.47 Å². The van der Waals surface area contributed by atoms with E-state index in [1.165, 1.54) is 10.2 Å². The molecule has 0 bridgehead atoms. The standard InChI is InChI=1S/C22H28N4O4/c1-29-18-8-4-5-16(11-18)12-24-10-9-22(14-24)15-25-19(13-30-22)23-26(21(28)20(25)27)17-6-2-3-7-17/h4-5,8,11,17H,2-3,6-7,9-10,12-15H2,1H3/t22-/m1/s1. The number of hydrogen-bond acceptors (Lipinski definition) is 6. The maximum Gasteiger partial charge on any atom is 0.332 e. The van der Waals surface area contributed by atoms with E-state index in [2.05, 4.69) is 16.1 Å². The summed E-state index contributed by atoms with van der Waals surface area (Å²) in [5.74, 6) is 1.42. The van der Waals surface area contributed by atoms with E-state index in [9.17, 15) is 9.59 Å². The number of rotatable bonds is 4. The van der Waals surface area contributed by atoms with Gasteiger partial charge in [0, 0.05) is 19.6 Å².